The van der Waals surface area contributed by atoms with E-state index in [1.54, 1.807) is 65.8 Å². The van der Waals surface area contributed by atoms with Gasteiger partial charge in [-0.2, -0.15) is 0 Å². The topological polar surface area (TPSA) is 166 Å². The molecule has 0 spiro atoms. The maximum Gasteiger partial charge on any atom is 0.338 e. The van der Waals surface area contributed by atoms with Crippen LogP contribution in [-0.2, 0) is 38.1 Å². The van der Waals surface area contributed by atoms with Gasteiger partial charge in [0.2, 0.25) is 6.79 Å². The summed E-state index contributed by atoms with van der Waals surface area (Å²) in [7, 11) is 1.34. The van der Waals surface area contributed by atoms with E-state index in [0.29, 0.717) is 11.1 Å². The minimum atomic E-state index is -1.49. The Morgan fingerprint density at radius 3 is 2.37 bits per heavy atom. The van der Waals surface area contributed by atoms with E-state index < -0.39 is 72.8 Å². The van der Waals surface area contributed by atoms with Crippen LogP contribution in [0.15, 0.2) is 48.2 Å². The summed E-state index contributed by atoms with van der Waals surface area (Å²) in [5, 5.41) is 2.47. The summed E-state index contributed by atoms with van der Waals surface area (Å²) in [6, 6.07) is 8.85. The van der Waals surface area contributed by atoms with Crippen LogP contribution in [-0.4, -0.2) is 73.5 Å². The summed E-state index contributed by atoms with van der Waals surface area (Å²) >= 11 is 0. The van der Waals surface area contributed by atoms with E-state index in [4.69, 9.17) is 28.4 Å². The minimum absolute atomic E-state index is 0.0116. The summed E-state index contributed by atoms with van der Waals surface area (Å²) in [5.41, 5.74) is -0.000601. The first-order valence-corrected chi connectivity index (χ1v) is 14.6. The number of hydrogen-bond acceptors (Lipinski definition) is 12. The van der Waals surface area contributed by atoms with Crippen molar-refractivity contribution < 1.29 is 52.4 Å². The van der Waals surface area contributed by atoms with Crippen LogP contribution < -0.4 is 14.8 Å². The number of esters is 4. The van der Waals surface area contributed by atoms with Gasteiger partial charge in [-0.1, -0.05) is 44.2 Å². The fraction of sp³-hybridized carbons (Fsp3) is 0.455. The Kier molecular flexibility index (Phi) is 11.9. The van der Waals surface area contributed by atoms with Crippen LogP contribution in [0.4, 0.5) is 0 Å². The molecule has 2 heterocycles. The molecule has 0 unspecified atom stereocenters. The predicted octanol–water partition coefficient (Wildman–Crippen LogP) is 3.64. The Hall–Kier alpha value is -4.94. The van der Waals surface area contributed by atoms with Crippen molar-refractivity contribution in [3.63, 3.8) is 0 Å². The van der Waals surface area contributed by atoms with E-state index in [2.05, 4.69) is 10.3 Å². The molecule has 13 heteroatoms. The molecule has 0 radical (unpaired) electrons. The number of carbonyl (C=O) groups is 5. The molecular formula is C33H40N2O11. The number of ether oxygens (including phenoxy) is 6. The average Bonchev–Trinajstić information content (AvgIpc) is 3.05. The number of rotatable bonds is 9. The Morgan fingerprint density at radius 1 is 1.09 bits per heavy atom. The van der Waals surface area contributed by atoms with Crippen molar-refractivity contribution in [3.8, 4) is 11.5 Å². The minimum Gasteiger partial charge on any atom is -0.493 e. The number of methoxy groups -OCH3 is 1. The van der Waals surface area contributed by atoms with Gasteiger partial charge in [0.15, 0.2) is 29.3 Å². The van der Waals surface area contributed by atoms with Gasteiger partial charge in [-0.3, -0.25) is 14.4 Å². The number of aromatic nitrogens is 1. The lowest BCUT2D eigenvalue weighted by atomic mass is 9.95. The Balaban J connectivity index is 1.92. The van der Waals surface area contributed by atoms with E-state index in [-0.39, 0.29) is 22.8 Å². The van der Waals surface area contributed by atoms with Crippen molar-refractivity contribution in [2.24, 2.45) is 11.3 Å². The molecule has 2 aromatic rings. The maximum atomic E-state index is 13.6. The van der Waals surface area contributed by atoms with Gasteiger partial charge in [-0.15, -0.1) is 0 Å². The van der Waals surface area contributed by atoms with Crippen LogP contribution in [0.5, 0.6) is 11.5 Å². The number of allylic oxidation sites excluding steroid dienone is 1. The average molecular weight is 641 g/mol. The number of hydrogen-bond donors (Lipinski definition) is 1. The third kappa shape index (κ3) is 8.83. The van der Waals surface area contributed by atoms with E-state index in [0.717, 1.165) is 0 Å². The molecule has 3 rings (SSSR count). The second kappa shape index (κ2) is 15.4. The molecule has 1 aromatic carbocycles. The first-order chi connectivity index (χ1) is 21.6. The van der Waals surface area contributed by atoms with Gasteiger partial charge < -0.3 is 33.7 Å². The normalized spacial score (nSPS) is 19.8. The summed E-state index contributed by atoms with van der Waals surface area (Å²) < 4.78 is 32.9. The number of nitrogens with zero attached hydrogens (tertiary/aromatic N) is 1. The molecule has 1 saturated heterocycles. The largest absolute Gasteiger partial charge is 0.493 e. The fourth-order valence-corrected chi connectivity index (χ4v) is 4.19. The Bertz CT molecular complexity index is 1480. The SMILES string of the molecule is COc1ccnc(C(=O)N[C@H]2COC(=O)/C(=C(\C)c3ccccc3)[C@@H](OC(=O)C(C)C)[C@H](C)OC2=O)c1OCOC(=O)C(C)(C)C. The van der Waals surface area contributed by atoms with Crippen LogP contribution in [0.1, 0.15) is 64.5 Å². The standard InChI is InChI=1S/C33H40N2O11/c1-18(2)29(37)46-26-20(4)45-30(38)22(16-42-31(39)24(26)19(3)21-12-10-9-11-13-21)35-28(36)25-27(23(41-8)14-15-34-25)43-17-44-32(40)33(5,6)7/h9-15,18,20,22,26H,16-17H2,1-8H3,(H,35,36)/b24-19+/t20-,22-,26-/m0/s1. The number of benzene rings is 1. The van der Waals surface area contributed by atoms with Crippen molar-refractivity contribution in [1.82, 2.24) is 10.3 Å². The molecule has 1 aliphatic heterocycles. The monoisotopic (exact) mass is 640 g/mol. The summed E-state index contributed by atoms with van der Waals surface area (Å²) in [6.07, 6.45) is -1.18. The highest BCUT2D eigenvalue weighted by Gasteiger charge is 2.40. The number of amides is 1. The zero-order chi connectivity index (χ0) is 34.2. The van der Waals surface area contributed by atoms with Crippen LogP contribution >= 0.6 is 0 Å². The first-order valence-electron chi connectivity index (χ1n) is 14.6. The lowest BCUT2D eigenvalue weighted by molar-refractivity contribution is -0.166. The van der Waals surface area contributed by atoms with Gasteiger partial charge in [0.1, 0.15) is 12.7 Å². The van der Waals surface area contributed by atoms with Crippen LogP contribution in [0.3, 0.4) is 0 Å². The van der Waals surface area contributed by atoms with E-state index in [1.807, 2.05) is 6.07 Å². The summed E-state index contributed by atoms with van der Waals surface area (Å²) in [5.74, 6) is -4.48. The van der Waals surface area contributed by atoms with Gasteiger partial charge >= 0.3 is 23.9 Å². The molecule has 0 saturated carbocycles. The number of nitrogens with one attached hydrogen (secondary N) is 1. The zero-order valence-electron chi connectivity index (χ0n) is 27.2. The third-order valence-corrected chi connectivity index (χ3v) is 6.84. The highest BCUT2D eigenvalue weighted by Crippen LogP contribution is 2.31. The van der Waals surface area contributed by atoms with Crippen LogP contribution in [0, 0.1) is 11.3 Å². The molecule has 1 aromatic heterocycles. The van der Waals surface area contributed by atoms with Gasteiger partial charge in [0.05, 0.1) is 24.0 Å². The highest BCUT2D eigenvalue weighted by atomic mass is 16.7. The summed E-state index contributed by atoms with van der Waals surface area (Å²) in [6.45, 7) is 10.2. The second-order valence-corrected chi connectivity index (χ2v) is 11.8. The maximum absolute atomic E-state index is 13.6. The molecule has 13 nitrogen and oxygen atoms in total. The first kappa shape index (κ1) is 35.5. The van der Waals surface area contributed by atoms with Crippen molar-refractivity contribution in [3.05, 3.63) is 59.4 Å². The molecule has 0 aliphatic carbocycles. The van der Waals surface area contributed by atoms with Gasteiger partial charge in [0.25, 0.3) is 5.91 Å². The number of pyridine rings is 1. The van der Waals surface area contributed by atoms with Crippen molar-refractivity contribution in [2.45, 2.75) is 66.7 Å². The molecule has 3 atom stereocenters. The smallest absolute Gasteiger partial charge is 0.338 e. The van der Waals surface area contributed by atoms with Crippen molar-refractivity contribution >= 4 is 35.4 Å². The zero-order valence-corrected chi connectivity index (χ0v) is 27.2. The van der Waals surface area contributed by atoms with Gasteiger partial charge in [-0.05, 0) is 45.8 Å². The van der Waals surface area contributed by atoms with Crippen molar-refractivity contribution in [2.75, 3.05) is 20.5 Å². The molecule has 1 aliphatic rings. The predicted molar refractivity (Wildman–Crippen MR) is 163 cm³/mol. The van der Waals surface area contributed by atoms with Crippen LogP contribution in [0.2, 0.25) is 0 Å². The molecule has 46 heavy (non-hydrogen) atoms. The third-order valence-electron chi connectivity index (χ3n) is 6.84. The summed E-state index contributed by atoms with van der Waals surface area (Å²) in [4.78, 5) is 69.3. The van der Waals surface area contributed by atoms with E-state index in [9.17, 15) is 24.0 Å². The lowest BCUT2D eigenvalue weighted by Crippen LogP contribution is -2.46. The molecule has 1 amide bonds. The fourth-order valence-electron chi connectivity index (χ4n) is 4.19. The Labute approximate surface area is 267 Å². The Morgan fingerprint density at radius 2 is 1.76 bits per heavy atom. The molecular weight excluding hydrogens is 600 g/mol. The van der Waals surface area contributed by atoms with Gasteiger partial charge in [-0.25, -0.2) is 14.6 Å². The van der Waals surface area contributed by atoms with Crippen molar-refractivity contribution in [1.29, 1.82) is 0 Å². The quantitative estimate of drug-likeness (QED) is 0.183. The molecule has 1 fully saturated rings. The number of carbonyl (C=O) groups excluding carboxylic acids is 5. The lowest BCUT2D eigenvalue weighted by Gasteiger charge is -2.27. The molecule has 1 N–H and O–H groups in total. The number of cyclic esters (lactones) is 2. The second-order valence-electron chi connectivity index (χ2n) is 11.8. The van der Waals surface area contributed by atoms with Crippen LogP contribution in [0.25, 0.3) is 5.57 Å². The highest BCUT2D eigenvalue weighted by molar-refractivity contribution is 6.00. The molecule has 0 bridgehead atoms. The van der Waals surface area contributed by atoms with Gasteiger partial charge in [0, 0.05) is 12.3 Å². The van der Waals surface area contributed by atoms with E-state index >= 15 is 0 Å². The van der Waals surface area contributed by atoms with E-state index in [1.165, 1.54) is 26.3 Å². The molecule has 248 valence electrons.